The van der Waals surface area contributed by atoms with Crippen molar-refractivity contribution in [1.29, 1.82) is 0 Å². The zero-order valence-corrected chi connectivity index (χ0v) is 17.6. The second-order valence-electron chi connectivity index (χ2n) is 8.46. The molecule has 1 aliphatic carbocycles. The van der Waals surface area contributed by atoms with Gasteiger partial charge in [-0.3, -0.25) is 4.98 Å². The summed E-state index contributed by atoms with van der Waals surface area (Å²) < 4.78 is 83.3. The van der Waals surface area contributed by atoms with E-state index in [9.17, 15) is 26.3 Å². The maximum atomic E-state index is 14.5. The fourth-order valence-electron chi connectivity index (χ4n) is 4.76. The zero-order valence-electron chi connectivity index (χ0n) is 17.6. The minimum atomic E-state index is -4.80. The van der Waals surface area contributed by atoms with E-state index in [-0.39, 0.29) is 22.3 Å². The SMILES string of the molecule is Cc1c(-c2ccc3c(c2)C(C)(C(F)(F)F)c2cc(C(F)(F)F)ccc2-3)ncc2ccccc12. The van der Waals surface area contributed by atoms with E-state index in [1.54, 1.807) is 18.3 Å². The van der Waals surface area contributed by atoms with Crippen molar-refractivity contribution in [3.05, 3.63) is 89.1 Å². The molecule has 33 heavy (non-hydrogen) atoms. The highest BCUT2D eigenvalue weighted by atomic mass is 19.4. The van der Waals surface area contributed by atoms with Crippen LogP contribution in [0.5, 0.6) is 0 Å². The van der Waals surface area contributed by atoms with Gasteiger partial charge in [0.2, 0.25) is 0 Å². The van der Waals surface area contributed by atoms with Gasteiger partial charge in [0.1, 0.15) is 5.41 Å². The molecular formula is C26H17F6N. The van der Waals surface area contributed by atoms with E-state index in [1.807, 2.05) is 31.2 Å². The first kappa shape index (κ1) is 21.5. The predicted molar refractivity (Wildman–Crippen MR) is 115 cm³/mol. The Bertz CT molecular complexity index is 1420. The van der Waals surface area contributed by atoms with Gasteiger partial charge < -0.3 is 0 Å². The van der Waals surface area contributed by atoms with Crippen LogP contribution in [-0.2, 0) is 11.6 Å². The van der Waals surface area contributed by atoms with E-state index in [1.165, 1.54) is 6.07 Å². The van der Waals surface area contributed by atoms with Gasteiger partial charge in [-0.15, -0.1) is 0 Å². The summed E-state index contributed by atoms with van der Waals surface area (Å²) in [6.07, 6.45) is -7.88. The molecule has 0 spiro atoms. The van der Waals surface area contributed by atoms with Crippen molar-refractivity contribution in [3.8, 4) is 22.4 Å². The minimum Gasteiger partial charge on any atom is -0.255 e. The van der Waals surface area contributed by atoms with Crippen LogP contribution in [0.3, 0.4) is 0 Å². The quantitative estimate of drug-likeness (QED) is 0.263. The summed E-state index contributed by atoms with van der Waals surface area (Å²) in [5.41, 5.74) is -1.87. The lowest BCUT2D eigenvalue weighted by atomic mass is 9.78. The van der Waals surface area contributed by atoms with Crippen molar-refractivity contribution in [2.75, 3.05) is 0 Å². The van der Waals surface area contributed by atoms with Crippen LogP contribution in [0, 0.1) is 6.92 Å². The van der Waals surface area contributed by atoms with Gasteiger partial charge in [0.15, 0.2) is 0 Å². The highest BCUT2D eigenvalue weighted by molar-refractivity contribution is 5.90. The van der Waals surface area contributed by atoms with Gasteiger partial charge >= 0.3 is 12.4 Å². The number of fused-ring (bicyclic) bond motifs is 4. The van der Waals surface area contributed by atoms with Crippen molar-refractivity contribution in [2.45, 2.75) is 31.6 Å². The van der Waals surface area contributed by atoms with E-state index < -0.39 is 23.3 Å². The molecule has 1 aromatic heterocycles. The maximum Gasteiger partial charge on any atom is 0.416 e. The molecular weight excluding hydrogens is 440 g/mol. The van der Waals surface area contributed by atoms with Crippen molar-refractivity contribution < 1.29 is 26.3 Å². The number of hydrogen-bond donors (Lipinski definition) is 0. The smallest absolute Gasteiger partial charge is 0.255 e. The number of halogens is 6. The van der Waals surface area contributed by atoms with Gasteiger partial charge in [-0.1, -0.05) is 42.5 Å². The topological polar surface area (TPSA) is 12.9 Å². The van der Waals surface area contributed by atoms with Gasteiger partial charge in [-0.2, -0.15) is 26.3 Å². The summed E-state index contributed by atoms with van der Waals surface area (Å²) in [7, 11) is 0. The Morgan fingerprint density at radius 3 is 2.09 bits per heavy atom. The maximum absolute atomic E-state index is 14.5. The number of rotatable bonds is 1. The molecule has 0 radical (unpaired) electrons. The predicted octanol–water partition coefficient (Wildman–Crippen LogP) is 8.08. The van der Waals surface area contributed by atoms with E-state index in [2.05, 4.69) is 4.98 Å². The van der Waals surface area contributed by atoms with Crippen LogP contribution < -0.4 is 0 Å². The number of benzene rings is 3. The van der Waals surface area contributed by atoms with Crippen LogP contribution in [0.4, 0.5) is 26.3 Å². The molecule has 7 heteroatoms. The van der Waals surface area contributed by atoms with Crippen LogP contribution in [-0.4, -0.2) is 11.2 Å². The van der Waals surface area contributed by atoms with Crippen molar-refractivity contribution in [2.24, 2.45) is 0 Å². The van der Waals surface area contributed by atoms with Crippen LogP contribution in [0.25, 0.3) is 33.2 Å². The van der Waals surface area contributed by atoms with Crippen LogP contribution >= 0.6 is 0 Å². The molecule has 0 bridgehead atoms. The van der Waals surface area contributed by atoms with Gasteiger partial charge in [-0.25, -0.2) is 0 Å². The van der Waals surface area contributed by atoms with Gasteiger partial charge in [0.05, 0.1) is 11.3 Å². The fraction of sp³-hybridized carbons (Fsp3) is 0.192. The van der Waals surface area contributed by atoms with Crippen LogP contribution in [0.2, 0.25) is 0 Å². The third-order valence-corrected chi connectivity index (χ3v) is 6.63. The molecule has 168 valence electrons. The fourth-order valence-corrected chi connectivity index (χ4v) is 4.76. The molecule has 3 aromatic carbocycles. The summed E-state index contributed by atoms with van der Waals surface area (Å²) in [6.45, 7) is 2.80. The summed E-state index contributed by atoms with van der Waals surface area (Å²) in [4.78, 5) is 4.48. The summed E-state index contributed by atoms with van der Waals surface area (Å²) in [5, 5.41) is 1.84. The monoisotopic (exact) mass is 457 g/mol. The highest BCUT2D eigenvalue weighted by Gasteiger charge is 2.58. The van der Waals surface area contributed by atoms with E-state index in [0.29, 0.717) is 17.3 Å². The normalized spacial score (nSPS) is 17.8. The molecule has 0 fully saturated rings. The Kier molecular flexibility index (Phi) is 4.45. The summed E-state index contributed by atoms with van der Waals surface area (Å²) >= 11 is 0. The Labute approximate surface area is 185 Å². The van der Waals surface area contributed by atoms with E-state index >= 15 is 0 Å². The number of hydrogen-bond acceptors (Lipinski definition) is 1. The van der Waals surface area contributed by atoms with Crippen LogP contribution in [0.15, 0.2) is 66.9 Å². The number of aryl methyl sites for hydroxylation is 1. The summed E-state index contributed by atoms with van der Waals surface area (Å²) in [6, 6.07) is 14.8. The first-order valence-corrected chi connectivity index (χ1v) is 10.2. The summed E-state index contributed by atoms with van der Waals surface area (Å²) in [5.74, 6) is 0. The molecule has 0 amide bonds. The third kappa shape index (κ3) is 3.05. The Morgan fingerprint density at radius 2 is 1.42 bits per heavy atom. The molecule has 1 heterocycles. The second-order valence-corrected chi connectivity index (χ2v) is 8.46. The second kappa shape index (κ2) is 6.83. The van der Waals surface area contributed by atoms with Gasteiger partial charge in [0.25, 0.3) is 0 Å². The highest BCUT2D eigenvalue weighted by Crippen LogP contribution is 2.57. The Hall–Kier alpha value is -3.35. The molecule has 0 saturated heterocycles. The standard InChI is InChI=1S/C26H17F6N/c1-14-18-6-4-3-5-16(18)13-33-23(14)15-7-9-19-20-10-8-17(25(27,28)29)12-22(20)24(2,21(19)11-15)26(30,31)32/h3-13H,1-2H3. The molecule has 1 nitrogen and oxygen atoms in total. The molecule has 5 rings (SSSR count). The Morgan fingerprint density at radius 1 is 0.788 bits per heavy atom. The number of nitrogens with zero attached hydrogens (tertiary/aromatic N) is 1. The average Bonchev–Trinajstić information content (AvgIpc) is 3.02. The van der Waals surface area contributed by atoms with Gasteiger partial charge in [0, 0.05) is 17.1 Å². The van der Waals surface area contributed by atoms with E-state index in [4.69, 9.17) is 0 Å². The lowest BCUT2D eigenvalue weighted by molar-refractivity contribution is -0.172. The Balaban J connectivity index is 1.75. The number of aromatic nitrogens is 1. The first-order chi connectivity index (χ1) is 15.4. The molecule has 4 aromatic rings. The van der Waals surface area contributed by atoms with Crippen LogP contribution in [0.1, 0.15) is 29.2 Å². The van der Waals surface area contributed by atoms with Gasteiger partial charge in [-0.05, 0) is 65.3 Å². The van der Waals surface area contributed by atoms with Crippen molar-refractivity contribution in [1.82, 2.24) is 4.98 Å². The largest absolute Gasteiger partial charge is 0.416 e. The first-order valence-electron chi connectivity index (χ1n) is 10.2. The van der Waals surface area contributed by atoms with Crippen molar-refractivity contribution in [3.63, 3.8) is 0 Å². The van der Waals surface area contributed by atoms with E-state index in [0.717, 1.165) is 35.4 Å². The minimum absolute atomic E-state index is 0.0730. The third-order valence-electron chi connectivity index (χ3n) is 6.63. The zero-order chi connectivity index (χ0) is 23.8. The molecule has 0 aliphatic heterocycles. The number of alkyl halides is 6. The molecule has 0 N–H and O–H groups in total. The molecule has 0 saturated carbocycles. The number of pyridine rings is 1. The average molecular weight is 457 g/mol. The molecule has 1 unspecified atom stereocenters. The molecule has 1 aliphatic rings. The lowest BCUT2D eigenvalue weighted by Gasteiger charge is -2.30. The van der Waals surface area contributed by atoms with Crippen molar-refractivity contribution >= 4 is 10.8 Å². The lowest BCUT2D eigenvalue weighted by Crippen LogP contribution is -2.39. The molecule has 1 atom stereocenters.